The summed E-state index contributed by atoms with van der Waals surface area (Å²) in [6, 6.07) is 11.8. The van der Waals surface area contributed by atoms with Gasteiger partial charge in [0, 0.05) is 18.7 Å². The fourth-order valence-electron chi connectivity index (χ4n) is 2.74. The molecular formula is C15H23NO. The molecule has 2 aliphatic heterocycles. The molecule has 0 radical (unpaired) electrons. The van der Waals surface area contributed by atoms with E-state index in [0.29, 0.717) is 0 Å². The molecule has 17 heavy (non-hydrogen) atoms. The van der Waals surface area contributed by atoms with Gasteiger partial charge in [-0.3, -0.25) is 0 Å². The number of rotatable bonds is 2. The van der Waals surface area contributed by atoms with Crippen LogP contribution in [0.25, 0.3) is 0 Å². The third-order valence-corrected chi connectivity index (χ3v) is 3.68. The van der Waals surface area contributed by atoms with Crippen LogP contribution in [0, 0.1) is 0 Å². The van der Waals surface area contributed by atoms with Crippen molar-refractivity contribution in [2.75, 3.05) is 6.61 Å². The molecule has 0 aliphatic carbocycles. The average molecular weight is 233 g/mol. The normalized spacial score (nSPS) is 26.2. The summed E-state index contributed by atoms with van der Waals surface area (Å²) in [5.41, 5.74) is 1.19. The highest BCUT2D eigenvalue weighted by Crippen LogP contribution is 2.25. The van der Waals surface area contributed by atoms with Gasteiger partial charge in [-0.1, -0.05) is 36.8 Å². The summed E-state index contributed by atoms with van der Waals surface area (Å²) in [6.45, 7) is 0.240. The van der Waals surface area contributed by atoms with Crippen LogP contribution < -0.4 is 5.32 Å². The van der Waals surface area contributed by atoms with Gasteiger partial charge in [0.1, 0.15) is 0 Å². The van der Waals surface area contributed by atoms with Gasteiger partial charge in [-0.05, 0) is 37.7 Å². The summed E-state index contributed by atoms with van der Waals surface area (Å²) in [5, 5.41) is 12.1. The monoisotopic (exact) mass is 233 g/mol. The maximum atomic E-state index is 8.52. The highest BCUT2D eigenvalue weighted by Gasteiger charge is 2.26. The standard InChI is InChI=1S/C8H10O.C7H13N/c9-7-6-8-4-2-1-3-5-8;1-2-6-4-5-7(3-1)8-6/h1-5,9H,6-7H2;6-8H,1-5H2. The molecule has 94 valence electrons. The van der Waals surface area contributed by atoms with Crippen LogP contribution >= 0.6 is 0 Å². The minimum Gasteiger partial charge on any atom is -0.396 e. The Bertz CT molecular complexity index is 298. The van der Waals surface area contributed by atoms with Crippen molar-refractivity contribution in [2.24, 2.45) is 0 Å². The number of aliphatic hydroxyl groups is 1. The second kappa shape index (κ2) is 6.77. The molecule has 3 rings (SSSR count). The summed E-state index contributed by atoms with van der Waals surface area (Å²) >= 11 is 0. The van der Waals surface area contributed by atoms with Crippen molar-refractivity contribution >= 4 is 0 Å². The molecule has 2 unspecified atom stereocenters. The molecule has 2 saturated heterocycles. The van der Waals surface area contributed by atoms with Crippen LogP contribution in [-0.4, -0.2) is 23.8 Å². The van der Waals surface area contributed by atoms with E-state index in [1.54, 1.807) is 0 Å². The van der Waals surface area contributed by atoms with Crippen LogP contribution in [0.1, 0.15) is 37.7 Å². The first kappa shape index (κ1) is 12.6. The number of benzene rings is 1. The second-order valence-corrected chi connectivity index (χ2v) is 5.03. The number of hydrogen-bond donors (Lipinski definition) is 2. The van der Waals surface area contributed by atoms with E-state index >= 15 is 0 Å². The molecule has 0 aromatic heterocycles. The molecule has 1 aromatic carbocycles. The van der Waals surface area contributed by atoms with Gasteiger partial charge in [0.2, 0.25) is 0 Å². The van der Waals surface area contributed by atoms with E-state index in [2.05, 4.69) is 5.32 Å². The Morgan fingerprint density at radius 2 is 1.65 bits per heavy atom. The van der Waals surface area contributed by atoms with Gasteiger partial charge in [-0.25, -0.2) is 0 Å². The number of fused-ring (bicyclic) bond motifs is 2. The molecule has 2 heterocycles. The van der Waals surface area contributed by atoms with Crippen molar-refractivity contribution in [3.05, 3.63) is 35.9 Å². The molecular weight excluding hydrogens is 210 g/mol. The van der Waals surface area contributed by atoms with E-state index < -0.39 is 0 Å². The van der Waals surface area contributed by atoms with Crippen LogP contribution in [0.2, 0.25) is 0 Å². The fraction of sp³-hybridized carbons (Fsp3) is 0.600. The van der Waals surface area contributed by atoms with Crippen LogP contribution in [0.15, 0.2) is 30.3 Å². The van der Waals surface area contributed by atoms with Crippen molar-refractivity contribution in [3.8, 4) is 0 Å². The van der Waals surface area contributed by atoms with Crippen LogP contribution in [0.4, 0.5) is 0 Å². The first-order valence-electron chi connectivity index (χ1n) is 6.79. The Morgan fingerprint density at radius 3 is 2.18 bits per heavy atom. The quantitative estimate of drug-likeness (QED) is 0.822. The highest BCUT2D eigenvalue weighted by atomic mass is 16.2. The van der Waals surface area contributed by atoms with E-state index in [1.165, 1.54) is 37.7 Å². The Morgan fingerprint density at radius 1 is 1.00 bits per heavy atom. The van der Waals surface area contributed by atoms with Gasteiger partial charge in [0.05, 0.1) is 0 Å². The molecule has 2 bridgehead atoms. The minimum atomic E-state index is 0.240. The minimum absolute atomic E-state index is 0.240. The zero-order valence-electron chi connectivity index (χ0n) is 10.4. The molecule has 2 nitrogen and oxygen atoms in total. The lowest BCUT2D eigenvalue weighted by Crippen LogP contribution is -2.33. The Balaban J connectivity index is 0.000000127. The molecule has 2 aliphatic rings. The van der Waals surface area contributed by atoms with Crippen LogP contribution in [-0.2, 0) is 6.42 Å². The highest BCUT2D eigenvalue weighted by molar-refractivity contribution is 5.14. The molecule has 2 fully saturated rings. The molecule has 0 saturated carbocycles. The lowest BCUT2D eigenvalue weighted by Gasteiger charge is -2.19. The van der Waals surface area contributed by atoms with Crippen LogP contribution in [0.5, 0.6) is 0 Å². The van der Waals surface area contributed by atoms with Gasteiger partial charge < -0.3 is 10.4 Å². The molecule has 1 aromatic rings. The maximum Gasteiger partial charge on any atom is 0.0471 e. The van der Waals surface area contributed by atoms with Gasteiger partial charge in [0.15, 0.2) is 0 Å². The van der Waals surface area contributed by atoms with Gasteiger partial charge in [0.25, 0.3) is 0 Å². The zero-order chi connectivity index (χ0) is 11.9. The topological polar surface area (TPSA) is 32.3 Å². The third kappa shape index (κ3) is 4.14. The Labute approximate surface area is 104 Å². The lowest BCUT2D eigenvalue weighted by atomic mass is 10.1. The maximum absolute atomic E-state index is 8.52. The smallest absolute Gasteiger partial charge is 0.0471 e. The van der Waals surface area contributed by atoms with Gasteiger partial charge in [-0.2, -0.15) is 0 Å². The number of aliphatic hydroxyl groups excluding tert-OH is 1. The fourth-order valence-corrected chi connectivity index (χ4v) is 2.74. The predicted molar refractivity (Wildman–Crippen MR) is 71.0 cm³/mol. The lowest BCUT2D eigenvalue weighted by molar-refractivity contribution is 0.299. The van der Waals surface area contributed by atoms with E-state index in [-0.39, 0.29) is 6.61 Å². The molecule has 2 atom stereocenters. The summed E-state index contributed by atoms with van der Waals surface area (Å²) in [7, 11) is 0. The summed E-state index contributed by atoms with van der Waals surface area (Å²) in [5.74, 6) is 0. The van der Waals surface area contributed by atoms with Gasteiger partial charge >= 0.3 is 0 Å². The number of hydrogen-bond acceptors (Lipinski definition) is 2. The van der Waals surface area contributed by atoms with Crippen molar-refractivity contribution in [1.82, 2.24) is 5.32 Å². The molecule has 2 heteroatoms. The van der Waals surface area contributed by atoms with E-state index in [0.717, 1.165) is 18.5 Å². The molecule has 0 amide bonds. The van der Waals surface area contributed by atoms with Crippen molar-refractivity contribution in [2.45, 2.75) is 50.6 Å². The summed E-state index contributed by atoms with van der Waals surface area (Å²) < 4.78 is 0. The van der Waals surface area contributed by atoms with Crippen molar-refractivity contribution < 1.29 is 5.11 Å². The first-order chi connectivity index (χ1) is 8.38. The Hall–Kier alpha value is -0.860. The molecule has 2 N–H and O–H groups in total. The van der Waals surface area contributed by atoms with Crippen molar-refractivity contribution in [3.63, 3.8) is 0 Å². The van der Waals surface area contributed by atoms with E-state index in [9.17, 15) is 0 Å². The number of piperidine rings is 1. The summed E-state index contributed by atoms with van der Waals surface area (Å²) in [4.78, 5) is 0. The van der Waals surface area contributed by atoms with E-state index in [1.807, 2.05) is 30.3 Å². The largest absolute Gasteiger partial charge is 0.396 e. The summed E-state index contributed by atoms with van der Waals surface area (Å²) in [6.07, 6.45) is 8.02. The molecule has 0 spiro atoms. The third-order valence-electron chi connectivity index (χ3n) is 3.68. The Kier molecular flexibility index (Phi) is 5.02. The van der Waals surface area contributed by atoms with Gasteiger partial charge in [-0.15, -0.1) is 0 Å². The van der Waals surface area contributed by atoms with E-state index in [4.69, 9.17) is 5.11 Å². The van der Waals surface area contributed by atoms with Crippen molar-refractivity contribution in [1.29, 1.82) is 0 Å². The average Bonchev–Trinajstić information content (AvgIpc) is 2.71. The zero-order valence-corrected chi connectivity index (χ0v) is 10.4. The van der Waals surface area contributed by atoms with Crippen LogP contribution in [0.3, 0.4) is 0 Å². The SMILES string of the molecule is C1CC2CCC(C1)N2.OCCc1ccccc1. The second-order valence-electron chi connectivity index (χ2n) is 5.03. The number of nitrogens with one attached hydrogen (secondary N) is 1. The predicted octanol–water partition coefficient (Wildman–Crippen LogP) is 2.51. The first-order valence-corrected chi connectivity index (χ1v) is 6.79.